The number of ether oxygens (including phenoxy) is 2. The molecule has 2 aromatic carbocycles. The standard InChI is InChI=1S/C19H22O3Si/c1-5-18(23(3,4)17-9-7-6-8-10-17)22-19(20)15-11-13-16(21-2)14-12-15/h5-14,18H,1H2,2-4H3. The number of esters is 1. The highest BCUT2D eigenvalue weighted by Crippen LogP contribution is 2.17. The molecule has 1 atom stereocenters. The molecular formula is C19H22O3Si. The van der Waals surface area contributed by atoms with Crippen LogP contribution in [0.5, 0.6) is 5.75 Å². The Morgan fingerprint density at radius 1 is 1.09 bits per heavy atom. The largest absolute Gasteiger partial charge is 0.497 e. The van der Waals surface area contributed by atoms with Crippen molar-refractivity contribution in [3.05, 3.63) is 72.8 Å². The highest BCUT2D eigenvalue weighted by molar-refractivity contribution is 6.91. The van der Waals surface area contributed by atoms with Crippen LogP contribution < -0.4 is 9.92 Å². The minimum Gasteiger partial charge on any atom is -0.497 e. The first-order chi connectivity index (χ1) is 11.0. The normalized spacial score (nSPS) is 12.3. The molecule has 23 heavy (non-hydrogen) atoms. The summed E-state index contributed by atoms with van der Waals surface area (Å²) >= 11 is 0. The highest BCUT2D eigenvalue weighted by atomic mass is 28.3. The van der Waals surface area contributed by atoms with Crippen molar-refractivity contribution < 1.29 is 14.3 Å². The summed E-state index contributed by atoms with van der Waals surface area (Å²) in [5.74, 6) is 0.370. The average molecular weight is 326 g/mol. The minimum atomic E-state index is -2.01. The second kappa shape index (κ2) is 7.29. The maximum absolute atomic E-state index is 12.4. The van der Waals surface area contributed by atoms with Gasteiger partial charge in [-0.05, 0) is 24.3 Å². The molecule has 2 rings (SSSR count). The molecule has 120 valence electrons. The summed E-state index contributed by atoms with van der Waals surface area (Å²) in [5, 5.41) is 1.23. The van der Waals surface area contributed by atoms with Crippen molar-refractivity contribution in [1.82, 2.24) is 0 Å². The Labute approximate surface area is 138 Å². The number of hydrogen-bond acceptors (Lipinski definition) is 3. The lowest BCUT2D eigenvalue weighted by molar-refractivity contribution is 0.0491. The lowest BCUT2D eigenvalue weighted by Gasteiger charge is -2.30. The van der Waals surface area contributed by atoms with Gasteiger partial charge in [-0.2, -0.15) is 0 Å². The third-order valence-corrected chi connectivity index (χ3v) is 7.60. The molecular weight excluding hydrogens is 304 g/mol. The lowest BCUT2D eigenvalue weighted by atomic mass is 10.2. The minimum absolute atomic E-state index is 0.292. The summed E-state index contributed by atoms with van der Waals surface area (Å²) in [5.41, 5.74) is 0.218. The van der Waals surface area contributed by atoms with Gasteiger partial charge >= 0.3 is 5.97 Å². The molecule has 0 aliphatic carbocycles. The molecule has 4 heteroatoms. The second-order valence-corrected chi connectivity index (χ2v) is 10.5. The van der Waals surface area contributed by atoms with Crippen LogP contribution in [-0.2, 0) is 4.74 Å². The smallest absolute Gasteiger partial charge is 0.338 e. The van der Waals surface area contributed by atoms with Crippen molar-refractivity contribution in [2.24, 2.45) is 0 Å². The Kier molecular flexibility index (Phi) is 5.39. The van der Waals surface area contributed by atoms with Gasteiger partial charge in [-0.25, -0.2) is 4.79 Å². The molecule has 1 unspecified atom stereocenters. The van der Waals surface area contributed by atoms with E-state index in [-0.39, 0.29) is 11.7 Å². The topological polar surface area (TPSA) is 35.5 Å². The predicted octanol–water partition coefficient (Wildman–Crippen LogP) is 3.56. The molecule has 0 saturated carbocycles. The Balaban J connectivity index is 2.18. The lowest BCUT2D eigenvalue weighted by Crippen LogP contribution is -2.53. The molecule has 0 aromatic heterocycles. The molecule has 2 aromatic rings. The summed E-state index contributed by atoms with van der Waals surface area (Å²) in [6.07, 6.45) is 1.74. The van der Waals surface area contributed by atoms with Crippen LogP contribution in [0.1, 0.15) is 10.4 Å². The number of hydrogen-bond donors (Lipinski definition) is 0. The first-order valence-corrected chi connectivity index (χ1v) is 10.6. The zero-order chi connectivity index (χ0) is 16.9. The van der Waals surface area contributed by atoms with E-state index in [9.17, 15) is 4.79 Å². The van der Waals surface area contributed by atoms with E-state index < -0.39 is 8.07 Å². The molecule has 0 aliphatic heterocycles. The van der Waals surface area contributed by atoms with E-state index >= 15 is 0 Å². The van der Waals surface area contributed by atoms with Crippen LogP contribution in [0.15, 0.2) is 67.3 Å². The van der Waals surface area contributed by atoms with Gasteiger partial charge in [0.25, 0.3) is 0 Å². The zero-order valence-corrected chi connectivity index (χ0v) is 14.8. The molecule has 0 heterocycles. The maximum Gasteiger partial charge on any atom is 0.338 e. The fourth-order valence-electron chi connectivity index (χ4n) is 2.43. The third-order valence-electron chi connectivity index (χ3n) is 4.00. The van der Waals surface area contributed by atoms with Crippen molar-refractivity contribution in [2.45, 2.75) is 18.8 Å². The molecule has 0 saturated heterocycles. The van der Waals surface area contributed by atoms with E-state index in [0.29, 0.717) is 11.3 Å². The summed E-state index contributed by atoms with van der Waals surface area (Å²) in [7, 11) is -0.416. The van der Waals surface area contributed by atoms with Gasteiger partial charge in [0.05, 0.1) is 12.7 Å². The van der Waals surface area contributed by atoms with Crippen molar-refractivity contribution >= 4 is 19.2 Å². The molecule has 0 fully saturated rings. The summed E-state index contributed by atoms with van der Waals surface area (Å²) < 4.78 is 10.8. The van der Waals surface area contributed by atoms with Crippen LogP contribution in [-0.4, -0.2) is 26.9 Å². The van der Waals surface area contributed by atoms with Gasteiger partial charge in [0, 0.05) is 0 Å². The van der Waals surface area contributed by atoms with E-state index in [2.05, 4.69) is 31.8 Å². The second-order valence-electron chi connectivity index (χ2n) is 5.88. The molecule has 0 aliphatic rings. The number of rotatable bonds is 6. The van der Waals surface area contributed by atoms with Crippen LogP contribution in [0.3, 0.4) is 0 Å². The maximum atomic E-state index is 12.4. The predicted molar refractivity (Wildman–Crippen MR) is 96.0 cm³/mol. The van der Waals surface area contributed by atoms with Crippen LogP contribution in [0.25, 0.3) is 0 Å². The van der Waals surface area contributed by atoms with Crippen molar-refractivity contribution in [2.75, 3.05) is 7.11 Å². The molecule has 0 spiro atoms. The highest BCUT2D eigenvalue weighted by Gasteiger charge is 2.35. The van der Waals surface area contributed by atoms with Gasteiger partial charge in [0.1, 0.15) is 19.6 Å². The van der Waals surface area contributed by atoms with Crippen molar-refractivity contribution in [3.8, 4) is 5.75 Å². The van der Waals surface area contributed by atoms with Gasteiger partial charge in [0.2, 0.25) is 0 Å². The summed E-state index contributed by atoms with van der Waals surface area (Å²) in [4.78, 5) is 12.4. The van der Waals surface area contributed by atoms with Gasteiger partial charge in [-0.15, -0.1) is 0 Å². The average Bonchev–Trinajstić information content (AvgIpc) is 2.60. The number of carbonyl (C=O) groups is 1. The Morgan fingerprint density at radius 3 is 2.22 bits per heavy atom. The van der Waals surface area contributed by atoms with Gasteiger partial charge in [0.15, 0.2) is 0 Å². The quantitative estimate of drug-likeness (QED) is 0.462. The van der Waals surface area contributed by atoms with Gasteiger partial charge in [-0.3, -0.25) is 0 Å². The van der Waals surface area contributed by atoms with Crippen LogP contribution in [0, 0.1) is 0 Å². The zero-order valence-electron chi connectivity index (χ0n) is 13.8. The third kappa shape index (κ3) is 3.90. The van der Waals surface area contributed by atoms with E-state index in [1.54, 1.807) is 37.5 Å². The van der Waals surface area contributed by atoms with Gasteiger partial charge in [-0.1, -0.05) is 61.3 Å². The Bertz CT molecular complexity index is 663. The van der Waals surface area contributed by atoms with E-state index in [0.717, 1.165) is 0 Å². The monoisotopic (exact) mass is 326 g/mol. The van der Waals surface area contributed by atoms with Crippen LogP contribution in [0.4, 0.5) is 0 Å². The first kappa shape index (κ1) is 17.0. The van der Waals surface area contributed by atoms with Crippen LogP contribution in [0.2, 0.25) is 13.1 Å². The molecule has 3 nitrogen and oxygen atoms in total. The molecule has 0 bridgehead atoms. The first-order valence-electron chi connectivity index (χ1n) is 7.52. The number of methoxy groups -OCH3 is 1. The molecule has 0 radical (unpaired) electrons. The summed E-state index contributed by atoms with van der Waals surface area (Å²) in [6, 6.07) is 17.1. The Morgan fingerprint density at radius 2 is 1.70 bits per heavy atom. The van der Waals surface area contributed by atoms with Gasteiger partial charge < -0.3 is 9.47 Å². The molecule has 0 amide bonds. The van der Waals surface area contributed by atoms with Crippen molar-refractivity contribution in [1.29, 1.82) is 0 Å². The van der Waals surface area contributed by atoms with Crippen LogP contribution >= 0.6 is 0 Å². The molecule has 0 N–H and O–H groups in total. The fourth-order valence-corrected chi connectivity index (χ4v) is 4.80. The Hall–Kier alpha value is -2.33. The van der Waals surface area contributed by atoms with E-state index in [4.69, 9.17) is 9.47 Å². The van der Waals surface area contributed by atoms with E-state index in [1.807, 2.05) is 18.2 Å². The fraction of sp³-hybridized carbons (Fsp3) is 0.211. The number of benzene rings is 2. The summed E-state index contributed by atoms with van der Waals surface area (Å²) in [6.45, 7) is 8.22. The van der Waals surface area contributed by atoms with E-state index in [1.165, 1.54) is 5.19 Å². The number of carbonyl (C=O) groups excluding carboxylic acids is 1. The SMILES string of the molecule is C=CC(OC(=O)c1ccc(OC)cc1)[Si](C)(C)c1ccccc1. The van der Waals surface area contributed by atoms with Crippen molar-refractivity contribution in [3.63, 3.8) is 0 Å².